The molecule has 4 aromatic carbocycles. The van der Waals surface area contributed by atoms with Gasteiger partial charge >= 0.3 is 27.8 Å². The number of ether oxygens (including phenoxy) is 2. The van der Waals surface area contributed by atoms with Crippen molar-refractivity contribution in [3.8, 4) is 46.0 Å². The lowest BCUT2D eigenvalue weighted by atomic mass is 9.77. The Morgan fingerprint density at radius 1 is 0.507 bits per heavy atom. The second-order valence-electron chi connectivity index (χ2n) is 16.8. The van der Waals surface area contributed by atoms with Gasteiger partial charge in [-0.1, -0.05) is 0 Å². The summed E-state index contributed by atoms with van der Waals surface area (Å²) in [6, 6.07) is 1.17. The minimum atomic E-state index is -2.61. The number of ketones is 4. The molecule has 2 fully saturated rings. The van der Waals surface area contributed by atoms with Gasteiger partial charge in [-0.3, -0.25) is 19.2 Å². The Hall–Kier alpha value is -6.97. The van der Waals surface area contributed by atoms with E-state index in [-0.39, 0.29) is 0 Å². The normalized spacial score (nSPS) is 25.7. The molecule has 2 aliphatic heterocycles. The van der Waals surface area contributed by atoms with Crippen LogP contribution in [0, 0.1) is 13.8 Å². The molecule has 2 aliphatic carbocycles. The molecule has 2 saturated heterocycles. The van der Waals surface area contributed by atoms with E-state index in [1.165, 1.54) is 0 Å². The first-order valence-corrected chi connectivity index (χ1v) is 21.7. The van der Waals surface area contributed by atoms with Gasteiger partial charge in [0.2, 0.25) is 0 Å². The lowest BCUT2D eigenvalue weighted by Gasteiger charge is -2.41. The van der Waals surface area contributed by atoms with Crippen LogP contribution in [0.1, 0.15) is 119 Å². The van der Waals surface area contributed by atoms with E-state index in [9.17, 15) is 110 Å². The molecule has 10 atom stereocenters. The fourth-order valence-corrected chi connectivity index (χ4v) is 10.2. The Balaban J connectivity index is 1.33. The van der Waals surface area contributed by atoms with Crippen LogP contribution in [0.5, 0.6) is 46.0 Å². The first-order valence-electron chi connectivity index (χ1n) is 20.7. The van der Waals surface area contributed by atoms with Crippen LogP contribution in [0.3, 0.4) is 0 Å². The largest absolute Gasteiger partial charge is 0.882 e. The summed E-state index contributed by atoms with van der Waals surface area (Å²) in [5.41, 5.74) is -11.9. The zero-order valence-corrected chi connectivity index (χ0v) is 37.3. The fourth-order valence-electron chi connectivity index (χ4n) is 9.49. The number of aliphatic hydroxyl groups excluding tert-OH is 8. The van der Waals surface area contributed by atoms with Crippen molar-refractivity contribution in [1.82, 2.24) is 0 Å². The smallest absolute Gasteiger partial charge is 0.613 e. The summed E-state index contributed by atoms with van der Waals surface area (Å²) in [4.78, 5) is 82.1. The standard InChI is InChI=1S/2C22H20O13.Al/c2*1-4-8-5(2-6(24)9(4)22(33)34)13(25)10-11(15(8)27)16(28)12(18(30)17(10)29)21-20(32)19(31)14(26)7(3-23)35-21;/h2*2,7,14,19-21,23-24,26,28-32H,3H2,1H3,(H,33,34);/q;;+2/p-2. The number of phenolic OH excluding ortho intramolecular Hbond substituents is 4. The zero-order valence-electron chi connectivity index (χ0n) is 36.2. The van der Waals surface area contributed by atoms with Gasteiger partial charge in [0.05, 0.1) is 46.6 Å². The molecule has 0 amide bonds. The molecule has 4 aliphatic rings. The van der Waals surface area contributed by atoms with E-state index in [1.54, 1.807) is 0 Å². The van der Waals surface area contributed by atoms with Crippen LogP contribution in [0.25, 0.3) is 0 Å². The maximum atomic E-state index is 14.5. The summed E-state index contributed by atoms with van der Waals surface area (Å²) in [6.07, 6.45) is -21.0. The van der Waals surface area contributed by atoms with Crippen molar-refractivity contribution < 1.29 is 128 Å². The van der Waals surface area contributed by atoms with E-state index in [0.29, 0.717) is 12.1 Å². The molecule has 71 heavy (non-hydrogen) atoms. The van der Waals surface area contributed by atoms with E-state index in [4.69, 9.17) is 17.1 Å². The van der Waals surface area contributed by atoms with E-state index in [2.05, 4.69) is 0 Å². The average Bonchev–Trinajstić information content (AvgIpc) is 3.30. The van der Waals surface area contributed by atoms with Crippen molar-refractivity contribution in [2.45, 2.75) is 74.9 Å². The summed E-state index contributed by atoms with van der Waals surface area (Å²) in [5, 5.41) is 173. The number of aliphatic hydroxyl groups is 8. The molecule has 0 aromatic heterocycles. The third kappa shape index (κ3) is 7.33. The van der Waals surface area contributed by atoms with Gasteiger partial charge in [0, 0.05) is 22.3 Å². The van der Waals surface area contributed by atoms with Crippen molar-refractivity contribution in [1.29, 1.82) is 0 Å². The Kier molecular flexibility index (Phi) is 12.8. The number of carboxylic acids is 2. The quantitative estimate of drug-likeness (QED) is 0.0631. The molecule has 8 rings (SSSR count). The number of benzene rings is 4. The number of carbonyl (C=O) groups is 6. The summed E-state index contributed by atoms with van der Waals surface area (Å²) in [7, 11) is 0. The van der Waals surface area contributed by atoms with Crippen LogP contribution in [0.2, 0.25) is 0 Å². The summed E-state index contributed by atoms with van der Waals surface area (Å²) >= 11 is -2.61. The van der Waals surface area contributed by atoms with E-state index < -0.39 is 249 Å². The lowest BCUT2D eigenvalue weighted by molar-refractivity contribution is -0.232. The average molecular weight is 1010 g/mol. The molecular formula is C44H38AlO26. The molecule has 16 N–H and O–H groups in total. The number of rotatable bonds is 10. The van der Waals surface area contributed by atoms with E-state index >= 15 is 0 Å². The van der Waals surface area contributed by atoms with Crippen molar-refractivity contribution in [3.05, 3.63) is 90.0 Å². The Morgan fingerprint density at radius 3 is 1.15 bits per heavy atom. The predicted octanol–water partition coefficient (Wildman–Crippen LogP) is -2.49. The molecule has 10 unspecified atom stereocenters. The molecule has 373 valence electrons. The molecule has 27 heteroatoms. The third-order valence-electron chi connectivity index (χ3n) is 13.0. The monoisotopic (exact) mass is 1010 g/mol. The molecule has 1 radical (unpaired) electrons. The van der Waals surface area contributed by atoms with Crippen molar-refractivity contribution in [3.63, 3.8) is 0 Å². The van der Waals surface area contributed by atoms with Crippen LogP contribution in [0.15, 0.2) is 12.1 Å². The molecule has 0 bridgehead atoms. The number of carboxylic acid groups (broad SMARTS) is 2. The van der Waals surface area contributed by atoms with Gasteiger partial charge < -0.3 is 98.8 Å². The number of fused-ring (bicyclic) bond motifs is 4. The van der Waals surface area contributed by atoms with Crippen LogP contribution in [-0.2, 0) is 9.47 Å². The number of carbonyl (C=O) groups excluding carboxylic acids is 4. The second kappa shape index (κ2) is 18.0. The topological polar surface area (TPSA) is 463 Å². The third-order valence-corrected chi connectivity index (χ3v) is 13.6. The predicted molar refractivity (Wildman–Crippen MR) is 225 cm³/mol. The maximum absolute atomic E-state index is 14.5. The maximum Gasteiger partial charge on any atom is 0.882 e. The van der Waals surface area contributed by atoms with Crippen molar-refractivity contribution in [2.75, 3.05) is 13.2 Å². The van der Waals surface area contributed by atoms with Gasteiger partial charge in [-0.25, -0.2) is 9.59 Å². The van der Waals surface area contributed by atoms with Gasteiger partial charge in [0.1, 0.15) is 107 Å². The molecule has 2 heterocycles. The Bertz CT molecular complexity index is 2850. The van der Waals surface area contributed by atoms with Crippen LogP contribution in [-0.4, -0.2) is 195 Å². The van der Waals surface area contributed by atoms with Crippen molar-refractivity contribution in [2.24, 2.45) is 0 Å². The molecule has 0 saturated carbocycles. The fraction of sp³-hybridized carbons (Fsp3) is 0.318. The molecular weight excluding hydrogens is 971 g/mol. The van der Waals surface area contributed by atoms with Gasteiger partial charge in [-0.15, -0.1) is 0 Å². The second-order valence-corrected chi connectivity index (χ2v) is 17.4. The van der Waals surface area contributed by atoms with Crippen LogP contribution in [0.4, 0.5) is 0 Å². The number of hydrogen-bond donors (Lipinski definition) is 16. The van der Waals surface area contributed by atoms with Crippen LogP contribution < -0.4 is 7.58 Å². The van der Waals surface area contributed by atoms with Gasteiger partial charge in [0.25, 0.3) is 0 Å². The highest BCUT2D eigenvalue weighted by Gasteiger charge is 2.51. The highest BCUT2D eigenvalue weighted by Crippen LogP contribution is 2.55. The Morgan fingerprint density at radius 2 is 0.845 bits per heavy atom. The van der Waals surface area contributed by atoms with Gasteiger partial charge in [-0.2, -0.15) is 0 Å². The van der Waals surface area contributed by atoms with E-state index in [1.807, 2.05) is 0 Å². The highest BCUT2D eigenvalue weighted by atomic mass is 27.2. The number of aromatic carboxylic acids is 2. The van der Waals surface area contributed by atoms with E-state index in [0.717, 1.165) is 13.8 Å². The zero-order chi connectivity index (χ0) is 52.3. The minimum Gasteiger partial charge on any atom is -0.613 e. The SMILES string of the molecule is Cc1c(C(=O)O)c(O)cc2c1C(=O)c1c(O)c(C3OC(CO)C(O)C(O)C3O)c(O)c([O][Al][O]c3c(O)c(C4OC(CO)C(O)C(O)C4O)c(O)c4c3C(=O)c3cc(O)c(C(=O)O)c(C)c3C4=O)c1C2=O. The lowest BCUT2D eigenvalue weighted by Crippen LogP contribution is -2.55. The highest BCUT2D eigenvalue weighted by molar-refractivity contribution is 6.34. The summed E-state index contributed by atoms with van der Waals surface area (Å²) in [6.45, 7) is -0.0500. The minimum absolute atomic E-state index is 0.499. The summed E-state index contributed by atoms with van der Waals surface area (Å²) < 4.78 is 22.6. The molecule has 0 spiro atoms. The summed E-state index contributed by atoms with van der Waals surface area (Å²) in [5.74, 6) is -18.9. The van der Waals surface area contributed by atoms with Gasteiger partial charge in [-0.05, 0) is 37.1 Å². The molecule has 4 aromatic rings. The van der Waals surface area contributed by atoms with Crippen LogP contribution >= 0.6 is 0 Å². The molecule has 26 nitrogen and oxygen atoms in total. The Labute approximate surface area is 401 Å². The first kappa shape index (κ1) is 50.4. The number of aromatic hydroxyl groups is 6. The van der Waals surface area contributed by atoms with Gasteiger partial charge in [0.15, 0.2) is 34.6 Å². The number of hydrogen-bond acceptors (Lipinski definition) is 24. The number of phenols is 6. The first-order chi connectivity index (χ1) is 33.3. The van der Waals surface area contributed by atoms with Crippen molar-refractivity contribution >= 4 is 51.0 Å².